The summed E-state index contributed by atoms with van der Waals surface area (Å²) in [6.07, 6.45) is 4.56. The first-order valence-electron chi connectivity index (χ1n) is 6.74. The number of aliphatic hydroxyl groups is 1. The van der Waals surface area contributed by atoms with Gasteiger partial charge in [0, 0.05) is 12.1 Å². The lowest BCUT2D eigenvalue weighted by Gasteiger charge is -2.41. The van der Waals surface area contributed by atoms with Crippen LogP contribution in [0.3, 0.4) is 0 Å². The van der Waals surface area contributed by atoms with Crippen LogP contribution in [0, 0.1) is 11.3 Å². The van der Waals surface area contributed by atoms with Crippen LogP contribution in [0.5, 0.6) is 0 Å². The molecule has 2 N–H and O–H groups in total. The van der Waals surface area contributed by atoms with Crippen LogP contribution in [-0.2, 0) is 0 Å². The molecule has 1 saturated carbocycles. The number of rotatable bonds is 4. The zero-order valence-electron chi connectivity index (χ0n) is 11.6. The molecule has 0 saturated heterocycles. The summed E-state index contributed by atoms with van der Waals surface area (Å²) in [5, 5.41) is 13.0. The van der Waals surface area contributed by atoms with E-state index >= 15 is 0 Å². The van der Waals surface area contributed by atoms with Crippen molar-refractivity contribution in [3.8, 4) is 0 Å². The van der Waals surface area contributed by atoms with E-state index in [2.05, 4.69) is 33.0 Å². The van der Waals surface area contributed by atoms with Crippen molar-refractivity contribution in [3.63, 3.8) is 0 Å². The standard InChI is InChI=1S/C14H29NO/c1-10-9-14(4,5)7-6-13(10)15-11(2)8-12(3)16/h10-13,15-16H,6-9H2,1-5H3. The van der Waals surface area contributed by atoms with Gasteiger partial charge in [-0.15, -0.1) is 0 Å². The highest BCUT2D eigenvalue weighted by atomic mass is 16.3. The minimum atomic E-state index is -0.196. The Morgan fingerprint density at radius 2 is 2.00 bits per heavy atom. The van der Waals surface area contributed by atoms with Gasteiger partial charge < -0.3 is 10.4 Å². The average Bonchev–Trinajstić information content (AvgIpc) is 2.07. The fourth-order valence-electron chi connectivity index (χ4n) is 3.14. The van der Waals surface area contributed by atoms with E-state index in [1.54, 1.807) is 0 Å². The smallest absolute Gasteiger partial charge is 0.0526 e. The molecule has 0 heterocycles. The molecule has 1 rings (SSSR count). The van der Waals surface area contributed by atoms with Crippen molar-refractivity contribution in [1.29, 1.82) is 0 Å². The zero-order valence-corrected chi connectivity index (χ0v) is 11.6. The molecule has 0 aromatic rings. The Balaban J connectivity index is 2.38. The van der Waals surface area contributed by atoms with E-state index in [1.165, 1.54) is 19.3 Å². The van der Waals surface area contributed by atoms with Gasteiger partial charge in [0.2, 0.25) is 0 Å². The Bertz CT molecular complexity index is 213. The molecular weight excluding hydrogens is 198 g/mol. The third-order valence-corrected chi connectivity index (χ3v) is 3.89. The largest absolute Gasteiger partial charge is 0.393 e. The van der Waals surface area contributed by atoms with E-state index in [0.29, 0.717) is 17.5 Å². The van der Waals surface area contributed by atoms with Crippen LogP contribution in [0.2, 0.25) is 0 Å². The SMILES string of the molecule is CC(O)CC(C)NC1CCC(C)(C)CC1C. The monoisotopic (exact) mass is 227 g/mol. The third kappa shape index (κ3) is 4.42. The minimum absolute atomic E-state index is 0.196. The van der Waals surface area contributed by atoms with Gasteiger partial charge in [-0.25, -0.2) is 0 Å². The van der Waals surface area contributed by atoms with E-state index in [4.69, 9.17) is 0 Å². The van der Waals surface area contributed by atoms with Crippen LogP contribution in [0.25, 0.3) is 0 Å². The third-order valence-electron chi connectivity index (χ3n) is 3.89. The molecule has 0 amide bonds. The number of hydrogen-bond acceptors (Lipinski definition) is 2. The van der Waals surface area contributed by atoms with Gasteiger partial charge in [-0.05, 0) is 50.9 Å². The van der Waals surface area contributed by atoms with Crippen molar-refractivity contribution < 1.29 is 5.11 Å². The molecule has 1 aliphatic rings. The van der Waals surface area contributed by atoms with Crippen molar-refractivity contribution in [2.45, 2.75) is 78.5 Å². The molecule has 4 atom stereocenters. The van der Waals surface area contributed by atoms with E-state index in [1.807, 2.05) is 6.92 Å². The van der Waals surface area contributed by atoms with E-state index in [9.17, 15) is 5.11 Å². The molecule has 0 bridgehead atoms. The summed E-state index contributed by atoms with van der Waals surface area (Å²) in [5.41, 5.74) is 0.519. The Kier molecular flexibility index (Phi) is 4.81. The minimum Gasteiger partial charge on any atom is -0.393 e. The van der Waals surface area contributed by atoms with Crippen molar-refractivity contribution in [2.75, 3.05) is 0 Å². The van der Waals surface area contributed by atoms with Crippen LogP contribution < -0.4 is 5.32 Å². The highest BCUT2D eigenvalue weighted by Gasteiger charge is 2.32. The molecule has 2 nitrogen and oxygen atoms in total. The maximum absolute atomic E-state index is 9.36. The van der Waals surface area contributed by atoms with E-state index < -0.39 is 0 Å². The first-order chi connectivity index (χ1) is 7.30. The van der Waals surface area contributed by atoms with Gasteiger partial charge in [-0.3, -0.25) is 0 Å². The fourth-order valence-corrected chi connectivity index (χ4v) is 3.14. The Hall–Kier alpha value is -0.0800. The lowest BCUT2D eigenvalue weighted by molar-refractivity contribution is 0.126. The van der Waals surface area contributed by atoms with Gasteiger partial charge in [-0.2, -0.15) is 0 Å². The van der Waals surface area contributed by atoms with Gasteiger partial charge in [-0.1, -0.05) is 20.8 Å². The Labute approximate surface area is 101 Å². The quantitative estimate of drug-likeness (QED) is 0.774. The molecule has 0 aromatic carbocycles. The van der Waals surface area contributed by atoms with Crippen molar-refractivity contribution in [3.05, 3.63) is 0 Å². The molecule has 4 unspecified atom stereocenters. The summed E-state index contributed by atoms with van der Waals surface area (Å²) in [6, 6.07) is 1.07. The molecule has 0 aliphatic heterocycles. The van der Waals surface area contributed by atoms with Crippen molar-refractivity contribution in [2.24, 2.45) is 11.3 Å². The van der Waals surface area contributed by atoms with Gasteiger partial charge in [0.1, 0.15) is 0 Å². The lowest BCUT2D eigenvalue weighted by atomic mass is 9.70. The van der Waals surface area contributed by atoms with Crippen LogP contribution in [0.15, 0.2) is 0 Å². The number of nitrogens with one attached hydrogen (secondary N) is 1. The van der Waals surface area contributed by atoms with Crippen LogP contribution >= 0.6 is 0 Å². The molecule has 2 heteroatoms. The summed E-state index contributed by atoms with van der Waals surface area (Å²) >= 11 is 0. The summed E-state index contributed by atoms with van der Waals surface area (Å²) < 4.78 is 0. The molecule has 1 aliphatic carbocycles. The van der Waals surface area contributed by atoms with E-state index in [0.717, 1.165) is 12.3 Å². The average molecular weight is 227 g/mol. The second kappa shape index (κ2) is 5.50. The van der Waals surface area contributed by atoms with E-state index in [-0.39, 0.29) is 6.10 Å². The van der Waals surface area contributed by atoms with Crippen LogP contribution in [0.1, 0.15) is 60.3 Å². The highest BCUT2D eigenvalue weighted by molar-refractivity contribution is 4.88. The second-order valence-electron chi connectivity index (χ2n) is 6.64. The molecule has 1 fully saturated rings. The molecule has 0 spiro atoms. The summed E-state index contributed by atoms with van der Waals surface area (Å²) in [6.45, 7) is 11.1. The summed E-state index contributed by atoms with van der Waals surface area (Å²) in [5.74, 6) is 0.750. The number of hydrogen-bond donors (Lipinski definition) is 2. The van der Waals surface area contributed by atoms with Gasteiger partial charge >= 0.3 is 0 Å². The van der Waals surface area contributed by atoms with Crippen LogP contribution in [0.4, 0.5) is 0 Å². The Morgan fingerprint density at radius 1 is 1.38 bits per heavy atom. The number of aliphatic hydroxyl groups excluding tert-OH is 1. The van der Waals surface area contributed by atoms with Gasteiger partial charge in [0.15, 0.2) is 0 Å². The summed E-state index contributed by atoms with van der Waals surface area (Å²) in [4.78, 5) is 0. The normalized spacial score (nSPS) is 33.4. The topological polar surface area (TPSA) is 32.3 Å². The fraction of sp³-hybridized carbons (Fsp3) is 1.00. The zero-order chi connectivity index (χ0) is 12.3. The maximum Gasteiger partial charge on any atom is 0.0526 e. The first-order valence-corrected chi connectivity index (χ1v) is 6.74. The molecule has 16 heavy (non-hydrogen) atoms. The summed E-state index contributed by atoms with van der Waals surface area (Å²) in [7, 11) is 0. The molecular formula is C14H29NO. The van der Waals surface area contributed by atoms with Crippen LogP contribution in [-0.4, -0.2) is 23.3 Å². The maximum atomic E-state index is 9.36. The lowest BCUT2D eigenvalue weighted by Crippen LogP contribution is -2.46. The predicted molar refractivity (Wildman–Crippen MR) is 69.5 cm³/mol. The highest BCUT2D eigenvalue weighted by Crippen LogP contribution is 2.38. The Morgan fingerprint density at radius 3 is 2.50 bits per heavy atom. The molecule has 0 radical (unpaired) electrons. The van der Waals surface area contributed by atoms with Gasteiger partial charge in [0.25, 0.3) is 0 Å². The molecule has 96 valence electrons. The van der Waals surface area contributed by atoms with Crippen molar-refractivity contribution >= 4 is 0 Å². The van der Waals surface area contributed by atoms with Crippen molar-refractivity contribution in [1.82, 2.24) is 5.32 Å². The van der Waals surface area contributed by atoms with Gasteiger partial charge in [0.05, 0.1) is 6.10 Å². The second-order valence-corrected chi connectivity index (χ2v) is 6.64. The molecule has 0 aromatic heterocycles. The first kappa shape index (κ1) is 14.0. The predicted octanol–water partition coefficient (Wildman–Crippen LogP) is 2.95.